The van der Waals surface area contributed by atoms with Gasteiger partial charge >= 0.3 is 0 Å². The van der Waals surface area contributed by atoms with Crippen LogP contribution in [-0.2, 0) is 0 Å². The molecule has 0 aromatic heterocycles. The molecule has 0 bridgehead atoms. The minimum atomic E-state index is -0.525. The average Bonchev–Trinajstić information content (AvgIpc) is 2.78. The van der Waals surface area contributed by atoms with Crippen LogP contribution in [0.1, 0.15) is 85.0 Å². The van der Waals surface area contributed by atoms with Crippen molar-refractivity contribution in [3.05, 3.63) is 0 Å². The molecule has 2 heteroatoms. The molecule has 2 N–H and O–H groups in total. The summed E-state index contributed by atoms with van der Waals surface area (Å²) in [6, 6.07) is 0. The van der Waals surface area contributed by atoms with Crippen molar-refractivity contribution in [2.75, 3.05) is 0 Å². The molecule has 0 aromatic rings. The van der Waals surface area contributed by atoms with Gasteiger partial charge < -0.3 is 10.2 Å². The van der Waals surface area contributed by atoms with Gasteiger partial charge in [0.1, 0.15) is 0 Å². The van der Waals surface area contributed by atoms with Crippen LogP contribution in [-0.4, -0.2) is 21.9 Å². The highest BCUT2D eigenvalue weighted by Gasteiger charge is 2.67. The van der Waals surface area contributed by atoms with Crippen molar-refractivity contribution >= 4 is 0 Å². The second kappa shape index (κ2) is 5.21. The maximum Gasteiger partial charge on any atom is 0.0735 e. The molecule has 0 heterocycles. The van der Waals surface area contributed by atoms with Gasteiger partial charge in [0.15, 0.2) is 0 Å². The molecule has 0 spiro atoms. The Kier molecular flexibility index (Phi) is 3.71. The lowest BCUT2D eigenvalue weighted by Gasteiger charge is -2.63. The molecule has 0 aromatic carbocycles. The first-order valence-electron chi connectivity index (χ1n) is 10.2. The van der Waals surface area contributed by atoms with E-state index in [1.54, 1.807) is 0 Å². The number of hydrogen-bond acceptors (Lipinski definition) is 2. The second-order valence-corrected chi connectivity index (χ2v) is 10.0. The van der Waals surface area contributed by atoms with Crippen molar-refractivity contribution < 1.29 is 10.2 Å². The summed E-state index contributed by atoms with van der Waals surface area (Å²) in [7, 11) is 0. The third-order valence-electron chi connectivity index (χ3n) is 9.42. The van der Waals surface area contributed by atoms with Crippen LogP contribution >= 0.6 is 0 Å². The Bertz CT molecular complexity index is 474. The largest absolute Gasteiger partial charge is 0.393 e. The van der Waals surface area contributed by atoms with Crippen molar-refractivity contribution in [3.63, 3.8) is 0 Å². The van der Waals surface area contributed by atoms with E-state index in [1.165, 1.54) is 44.9 Å². The van der Waals surface area contributed by atoms with E-state index < -0.39 is 5.60 Å². The summed E-state index contributed by atoms with van der Waals surface area (Å²) in [6.45, 7) is 6.79. The van der Waals surface area contributed by atoms with E-state index in [4.69, 9.17) is 0 Å². The first-order valence-corrected chi connectivity index (χ1v) is 10.2. The maximum atomic E-state index is 11.9. The van der Waals surface area contributed by atoms with Gasteiger partial charge in [-0.3, -0.25) is 0 Å². The zero-order valence-corrected chi connectivity index (χ0v) is 15.4. The second-order valence-electron chi connectivity index (χ2n) is 10.0. The summed E-state index contributed by atoms with van der Waals surface area (Å²) in [4.78, 5) is 0. The lowest BCUT2D eigenvalue weighted by Crippen LogP contribution is -2.62. The molecule has 0 amide bonds. The molecule has 4 saturated carbocycles. The Balaban J connectivity index is 1.68. The van der Waals surface area contributed by atoms with Crippen molar-refractivity contribution in [1.82, 2.24) is 0 Å². The molecule has 23 heavy (non-hydrogen) atoms. The van der Waals surface area contributed by atoms with Crippen LogP contribution in [0.3, 0.4) is 0 Å². The predicted molar refractivity (Wildman–Crippen MR) is 93.0 cm³/mol. The van der Waals surface area contributed by atoms with Gasteiger partial charge in [-0.25, -0.2) is 0 Å². The highest BCUT2D eigenvalue weighted by atomic mass is 16.3. The molecule has 4 rings (SSSR count). The van der Waals surface area contributed by atoms with Gasteiger partial charge in [0.05, 0.1) is 11.7 Å². The first-order chi connectivity index (χ1) is 10.8. The van der Waals surface area contributed by atoms with Crippen molar-refractivity contribution in [2.45, 2.75) is 96.7 Å². The van der Waals surface area contributed by atoms with E-state index in [2.05, 4.69) is 13.8 Å². The van der Waals surface area contributed by atoms with Crippen molar-refractivity contribution in [2.24, 2.45) is 34.5 Å². The minimum Gasteiger partial charge on any atom is -0.393 e. The van der Waals surface area contributed by atoms with Crippen molar-refractivity contribution in [1.29, 1.82) is 0 Å². The predicted octanol–water partition coefficient (Wildman–Crippen LogP) is 4.53. The summed E-state index contributed by atoms with van der Waals surface area (Å²) >= 11 is 0. The monoisotopic (exact) mass is 320 g/mol. The minimum absolute atomic E-state index is 0.0692. The summed E-state index contributed by atoms with van der Waals surface area (Å²) in [5.74, 6) is 2.38. The van der Waals surface area contributed by atoms with Gasteiger partial charge in [-0.2, -0.15) is 0 Å². The summed E-state index contributed by atoms with van der Waals surface area (Å²) in [5, 5.41) is 22.2. The van der Waals surface area contributed by atoms with Crippen molar-refractivity contribution in [3.8, 4) is 0 Å². The molecular formula is C21H36O2. The number of hydrogen-bond donors (Lipinski definition) is 2. The van der Waals surface area contributed by atoms with E-state index in [0.717, 1.165) is 25.2 Å². The summed E-state index contributed by atoms with van der Waals surface area (Å²) < 4.78 is 0. The van der Waals surface area contributed by atoms with E-state index in [9.17, 15) is 10.2 Å². The molecule has 4 aliphatic carbocycles. The lowest BCUT2D eigenvalue weighted by atomic mass is 9.43. The molecule has 4 fully saturated rings. The van der Waals surface area contributed by atoms with E-state index >= 15 is 0 Å². The number of fused-ring (bicyclic) bond motifs is 5. The lowest BCUT2D eigenvalue weighted by molar-refractivity contribution is -0.211. The third kappa shape index (κ3) is 2.00. The Morgan fingerprint density at radius 1 is 0.870 bits per heavy atom. The van der Waals surface area contributed by atoms with Gasteiger partial charge in [-0.1, -0.05) is 26.7 Å². The Morgan fingerprint density at radius 2 is 1.65 bits per heavy atom. The Hall–Kier alpha value is -0.0800. The third-order valence-corrected chi connectivity index (χ3v) is 9.42. The fourth-order valence-corrected chi connectivity index (χ4v) is 8.08. The van der Waals surface area contributed by atoms with Crippen LogP contribution in [0.15, 0.2) is 0 Å². The van der Waals surface area contributed by atoms with Crippen LogP contribution in [0, 0.1) is 34.5 Å². The van der Waals surface area contributed by atoms with E-state index in [0.29, 0.717) is 17.3 Å². The number of aliphatic hydroxyl groups excluding tert-OH is 1. The topological polar surface area (TPSA) is 40.5 Å². The van der Waals surface area contributed by atoms with Gasteiger partial charge in [0.25, 0.3) is 0 Å². The fraction of sp³-hybridized carbons (Fsp3) is 1.00. The Labute approximate surface area is 142 Å². The molecule has 0 saturated heterocycles. The fourth-order valence-electron chi connectivity index (χ4n) is 8.08. The highest BCUT2D eigenvalue weighted by Crippen LogP contribution is 2.69. The van der Waals surface area contributed by atoms with Gasteiger partial charge in [0.2, 0.25) is 0 Å². The zero-order valence-electron chi connectivity index (χ0n) is 15.4. The van der Waals surface area contributed by atoms with Gasteiger partial charge in [0, 0.05) is 5.41 Å². The first kappa shape index (κ1) is 16.4. The number of aliphatic hydroxyl groups is 2. The Morgan fingerprint density at radius 3 is 2.39 bits per heavy atom. The average molecular weight is 321 g/mol. The normalized spacial score (nSPS) is 57.3. The van der Waals surface area contributed by atoms with Crippen LogP contribution in [0.25, 0.3) is 0 Å². The smallest absolute Gasteiger partial charge is 0.0735 e. The molecule has 0 radical (unpaired) electrons. The summed E-state index contributed by atoms with van der Waals surface area (Å²) in [5.41, 5.74) is -0.121. The zero-order chi connectivity index (χ0) is 16.5. The molecule has 132 valence electrons. The molecular weight excluding hydrogens is 284 g/mol. The molecule has 2 nitrogen and oxygen atoms in total. The van der Waals surface area contributed by atoms with Gasteiger partial charge in [-0.05, 0) is 87.4 Å². The van der Waals surface area contributed by atoms with E-state index in [1.807, 2.05) is 6.92 Å². The molecule has 2 unspecified atom stereocenters. The van der Waals surface area contributed by atoms with Crippen LogP contribution in [0.5, 0.6) is 0 Å². The molecule has 4 aliphatic rings. The highest BCUT2D eigenvalue weighted by molar-refractivity contribution is 5.17. The standard InChI is InChI=1S/C21H36O2/c1-14(22)16-10-13-21(23)18-8-7-15-6-4-5-11-19(15,2)17(18)9-12-20(16,21)3/h14-18,22-23H,4-13H2,1-3H3/t14?,15?,16-,17+,18-,19+,20-,21-/m1/s1. The van der Waals surface area contributed by atoms with Crippen LogP contribution in [0.4, 0.5) is 0 Å². The molecule has 8 atom stereocenters. The maximum absolute atomic E-state index is 11.9. The van der Waals surface area contributed by atoms with Crippen LogP contribution < -0.4 is 0 Å². The summed E-state index contributed by atoms with van der Waals surface area (Å²) in [6.07, 6.45) is 12.2. The molecule has 0 aliphatic heterocycles. The quantitative estimate of drug-likeness (QED) is 0.745. The van der Waals surface area contributed by atoms with E-state index in [-0.39, 0.29) is 17.4 Å². The SMILES string of the molecule is CC(O)[C@H]1CC[C@@]2(O)[C@@H]3CCC4CCCC[C@]4(C)[C@H]3CC[C@]12C. The van der Waals surface area contributed by atoms with Crippen LogP contribution in [0.2, 0.25) is 0 Å². The number of rotatable bonds is 1. The van der Waals surface area contributed by atoms with Gasteiger partial charge in [-0.15, -0.1) is 0 Å².